The molecular formula is C13H15NO4. The smallest absolute Gasteiger partial charge is 0.344 e. The molecule has 0 saturated heterocycles. The highest BCUT2D eigenvalue weighted by atomic mass is 16.6. The summed E-state index contributed by atoms with van der Waals surface area (Å²) in [5, 5.41) is 0. The molecule has 0 aliphatic heterocycles. The van der Waals surface area contributed by atoms with Gasteiger partial charge in [0, 0.05) is 11.3 Å². The average Bonchev–Trinajstić information content (AvgIpc) is 2.33. The van der Waals surface area contributed by atoms with Crippen molar-refractivity contribution >= 4 is 17.6 Å². The maximum Gasteiger partial charge on any atom is 0.344 e. The molecule has 1 aromatic rings. The number of anilines is 1. The second-order valence-electron chi connectivity index (χ2n) is 3.76. The van der Waals surface area contributed by atoms with Crippen molar-refractivity contribution in [2.24, 2.45) is 0 Å². The maximum atomic E-state index is 11.3. The first-order chi connectivity index (χ1) is 8.49. The number of ether oxygens (including phenoxy) is 2. The Hall–Kier alpha value is -2.30. The Bertz CT molecular complexity index is 468. The zero-order chi connectivity index (χ0) is 13.5. The monoisotopic (exact) mass is 249 g/mol. The lowest BCUT2D eigenvalue weighted by atomic mass is 10.2. The predicted octanol–water partition coefficient (Wildman–Crippen LogP) is 1.43. The van der Waals surface area contributed by atoms with Gasteiger partial charge in [0.25, 0.3) is 0 Å². The highest BCUT2D eigenvalue weighted by Crippen LogP contribution is 2.07. The zero-order valence-electron chi connectivity index (χ0n) is 10.1. The Morgan fingerprint density at radius 3 is 2.67 bits per heavy atom. The van der Waals surface area contributed by atoms with Gasteiger partial charge in [-0.25, -0.2) is 9.59 Å². The van der Waals surface area contributed by atoms with Gasteiger partial charge >= 0.3 is 11.9 Å². The molecule has 0 bridgehead atoms. The van der Waals surface area contributed by atoms with Crippen LogP contribution in [0.3, 0.4) is 0 Å². The van der Waals surface area contributed by atoms with Gasteiger partial charge in [0.2, 0.25) is 0 Å². The molecule has 0 amide bonds. The van der Waals surface area contributed by atoms with Gasteiger partial charge in [0.1, 0.15) is 6.61 Å². The molecule has 0 aromatic heterocycles. The Morgan fingerprint density at radius 2 is 2.06 bits per heavy atom. The van der Waals surface area contributed by atoms with E-state index in [0.717, 1.165) is 5.56 Å². The molecule has 0 heterocycles. The van der Waals surface area contributed by atoms with Crippen LogP contribution in [-0.2, 0) is 25.7 Å². The van der Waals surface area contributed by atoms with E-state index in [1.165, 1.54) is 6.92 Å². The number of hydrogen-bond donors (Lipinski definition) is 1. The maximum absolute atomic E-state index is 11.3. The van der Waals surface area contributed by atoms with Crippen LogP contribution in [0.2, 0.25) is 0 Å². The van der Waals surface area contributed by atoms with Crippen molar-refractivity contribution in [3.8, 4) is 0 Å². The van der Waals surface area contributed by atoms with Crippen LogP contribution in [0.4, 0.5) is 5.69 Å². The second-order valence-corrected chi connectivity index (χ2v) is 3.76. The normalized spacial score (nSPS) is 9.61. The lowest BCUT2D eigenvalue weighted by molar-refractivity contribution is -0.157. The van der Waals surface area contributed by atoms with Crippen LogP contribution in [0, 0.1) is 0 Å². The van der Waals surface area contributed by atoms with Crippen LogP contribution in [0.5, 0.6) is 0 Å². The van der Waals surface area contributed by atoms with Crippen LogP contribution in [0.1, 0.15) is 12.5 Å². The van der Waals surface area contributed by atoms with Crippen molar-refractivity contribution in [3.05, 3.63) is 42.0 Å². The van der Waals surface area contributed by atoms with E-state index in [0.29, 0.717) is 5.69 Å². The summed E-state index contributed by atoms with van der Waals surface area (Å²) in [7, 11) is 0. The highest BCUT2D eigenvalue weighted by Gasteiger charge is 2.09. The summed E-state index contributed by atoms with van der Waals surface area (Å²) in [6, 6.07) is 6.98. The van der Waals surface area contributed by atoms with Gasteiger partial charge in [-0.05, 0) is 24.6 Å². The number of carbonyl (C=O) groups excluding carboxylic acids is 2. The number of rotatable bonds is 5. The number of benzene rings is 1. The van der Waals surface area contributed by atoms with Gasteiger partial charge in [-0.3, -0.25) is 0 Å². The van der Waals surface area contributed by atoms with E-state index in [1.54, 1.807) is 24.3 Å². The molecule has 1 aromatic carbocycles. The standard InChI is InChI=1S/C13H15NO4/c1-9(2)13(16)18-8-12(15)17-7-10-4-3-5-11(14)6-10/h3-6H,1,7-8,14H2,2H3. The molecule has 0 aliphatic carbocycles. The minimum absolute atomic E-state index is 0.0918. The molecule has 0 saturated carbocycles. The minimum atomic E-state index is -0.618. The van der Waals surface area contributed by atoms with Crippen LogP contribution in [0.25, 0.3) is 0 Å². The van der Waals surface area contributed by atoms with Crippen LogP contribution >= 0.6 is 0 Å². The SMILES string of the molecule is C=C(C)C(=O)OCC(=O)OCc1cccc(N)c1. The molecule has 96 valence electrons. The second kappa shape index (κ2) is 6.44. The summed E-state index contributed by atoms with van der Waals surface area (Å²) in [5.74, 6) is -1.23. The van der Waals surface area contributed by atoms with Gasteiger partial charge < -0.3 is 15.2 Å². The van der Waals surface area contributed by atoms with Gasteiger partial charge in [0.05, 0.1) is 0 Å². The molecule has 0 unspecified atom stereocenters. The molecule has 1 rings (SSSR count). The summed E-state index contributed by atoms with van der Waals surface area (Å²) in [5.41, 5.74) is 7.18. The number of nitrogen functional groups attached to an aromatic ring is 1. The third-order valence-electron chi connectivity index (χ3n) is 2.02. The quantitative estimate of drug-likeness (QED) is 0.485. The van der Waals surface area contributed by atoms with E-state index in [4.69, 9.17) is 10.5 Å². The van der Waals surface area contributed by atoms with Crippen molar-refractivity contribution in [3.63, 3.8) is 0 Å². The molecular weight excluding hydrogens is 234 g/mol. The number of hydrogen-bond acceptors (Lipinski definition) is 5. The minimum Gasteiger partial charge on any atom is -0.458 e. The van der Waals surface area contributed by atoms with E-state index in [1.807, 2.05) is 0 Å². The van der Waals surface area contributed by atoms with Gasteiger partial charge in [-0.1, -0.05) is 18.7 Å². The molecule has 0 radical (unpaired) electrons. The molecule has 18 heavy (non-hydrogen) atoms. The summed E-state index contributed by atoms with van der Waals surface area (Å²) in [6.45, 7) is 4.57. The molecule has 0 aliphatic rings. The number of nitrogens with two attached hydrogens (primary N) is 1. The third-order valence-corrected chi connectivity index (χ3v) is 2.02. The summed E-state index contributed by atoms with van der Waals surface area (Å²) < 4.78 is 9.55. The van der Waals surface area contributed by atoms with Gasteiger partial charge in [-0.2, -0.15) is 0 Å². The average molecular weight is 249 g/mol. The fourth-order valence-corrected chi connectivity index (χ4v) is 1.14. The van der Waals surface area contributed by atoms with Crippen LogP contribution in [-0.4, -0.2) is 18.5 Å². The van der Waals surface area contributed by atoms with Crippen molar-refractivity contribution in [1.29, 1.82) is 0 Å². The fourth-order valence-electron chi connectivity index (χ4n) is 1.14. The van der Waals surface area contributed by atoms with Crippen molar-refractivity contribution in [2.75, 3.05) is 12.3 Å². The fraction of sp³-hybridized carbons (Fsp3) is 0.231. The Kier molecular flexibility index (Phi) is 4.92. The van der Waals surface area contributed by atoms with Crippen molar-refractivity contribution in [1.82, 2.24) is 0 Å². The summed E-state index contributed by atoms with van der Waals surface area (Å²) in [6.07, 6.45) is 0. The largest absolute Gasteiger partial charge is 0.458 e. The first-order valence-corrected chi connectivity index (χ1v) is 5.31. The van der Waals surface area contributed by atoms with E-state index in [9.17, 15) is 9.59 Å². The van der Waals surface area contributed by atoms with Gasteiger partial charge in [0.15, 0.2) is 6.61 Å². The Labute approximate surface area is 105 Å². The third kappa shape index (κ3) is 4.69. The molecule has 5 nitrogen and oxygen atoms in total. The number of esters is 2. The Balaban J connectivity index is 2.33. The predicted molar refractivity (Wildman–Crippen MR) is 66.4 cm³/mol. The molecule has 2 N–H and O–H groups in total. The molecule has 0 fully saturated rings. The summed E-state index contributed by atoms with van der Waals surface area (Å²) in [4.78, 5) is 22.3. The van der Waals surface area contributed by atoms with Crippen molar-refractivity contribution in [2.45, 2.75) is 13.5 Å². The van der Waals surface area contributed by atoms with Crippen molar-refractivity contribution < 1.29 is 19.1 Å². The molecule has 0 spiro atoms. The first kappa shape index (κ1) is 13.8. The molecule has 0 atom stereocenters. The van der Waals surface area contributed by atoms with E-state index < -0.39 is 18.5 Å². The lowest BCUT2D eigenvalue weighted by Crippen LogP contribution is -2.16. The van der Waals surface area contributed by atoms with E-state index in [2.05, 4.69) is 11.3 Å². The van der Waals surface area contributed by atoms with E-state index in [-0.39, 0.29) is 12.2 Å². The Morgan fingerprint density at radius 1 is 1.33 bits per heavy atom. The topological polar surface area (TPSA) is 78.6 Å². The van der Waals surface area contributed by atoms with E-state index >= 15 is 0 Å². The number of carbonyl (C=O) groups is 2. The summed E-state index contributed by atoms with van der Waals surface area (Å²) >= 11 is 0. The van der Waals surface area contributed by atoms with Crippen LogP contribution in [0.15, 0.2) is 36.4 Å². The van der Waals surface area contributed by atoms with Gasteiger partial charge in [-0.15, -0.1) is 0 Å². The molecule has 5 heteroatoms. The first-order valence-electron chi connectivity index (χ1n) is 5.31. The van der Waals surface area contributed by atoms with Crippen LogP contribution < -0.4 is 5.73 Å². The lowest BCUT2D eigenvalue weighted by Gasteiger charge is -2.06. The highest BCUT2D eigenvalue weighted by molar-refractivity contribution is 5.88. The zero-order valence-corrected chi connectivity index (χ0v) is 10.1.